The zero-order chi connectivity index (χ0) is 19.4. The largest absolute Gasteiger partial charge is 0.416 e. The average Bonchev–Trinajstić information content (AvgIpc) is 3.09. The van der Waals surface area contributed by atoms with Crippen molar-refractivity contribution in [1.82, 2.24) is 9.80 Å². The summed E-state index contributed by atoms with van der Waals surface area (Å²) in [5.74, 6) is 1.62. The van der Waals surface area contributed by atoms with Gasteiger partial charge in [-0.05, 0) is 43.7 Å². The maximum absolute atomic E-state index is 12.7. The van der Waals surface area contributed by atoms with Gasteiger partial charge >= 0.3 is 6.18 Å². The number of alkyl halides is 3. The molecule has 2 aliphatic heterocycles. The molecule has 2 aliphatic rings. The van der Waals surface area contributed by atoms with E-state index in [9.17, 15) is 22.8 Å². The molecule has 2 heterocycles. The van der Waals surface area contributed by atoms with Gasteiger partial charge in [0.1, 0.15) is 0 Å². The minimum Gasteiger partial charge on any atom is -0.340 e. The summed E-state index contributed by atoms with van der Waals surface area (Å²) in [5, 5.41) is 2.61. The monoisotopic (exact) mass is 401 g/mol. The van der Waals surface area contributed by atoms with Crippen molar-refractivity contribution < 1.29 is 22.8 Å². The average molecular weight is 401 g/mol. The lowest BCUT2D eigenvalue weighted by atomic mass is 10.2. The number of rotatable bonds is 4. The van der Waals surface area contributed by atoms with Crippen molar-refractivity contribution in [2.45, 2.75) is 25.1 Å². The number of hydrogen-bond donors (Lipinski definition) is 1. The highest BCUT2D eigenvalue weighted by atomic mass is 32.2. The van der Waals surface area contributed by atoms with Crippen LogP contribution in [0.2, 0.25) is 0 Å². The molecule has 0 radical (unpaired) electrons. The molecule has 2 fully saturated rings. The van der Waals surface area contributed by atoms with Crippen LogP contribution in [0.15, 0.2) is 24.3 Å². The Labute approximate surface area is 160 Å². The molecule has 0 bridgehead atoms. The maximum Gasteiger partial charge on any atom is 0.416 e. The summed E-state index contributed by atoms with van der Waals surface area (Å²) in [6.45, 7) is 2.20. The molecule has 1 aromatic rings. The molecule has 3 rings (SSSR count). The third kappa shape index (κ3) is 5.16. The SMILES string of the molecule is O=C(CN1CCCC1C(=O)N1CCSCC1)Nc1ccc(C(F)(F)F)cc1. The molecule has 0 aromatic heterocycles. The number of nitrogens with zero attached hydrogens (tertiary/aromatic N) is 2. The topological polar surface area (TPSA) is 52.7 Å². The maximum atomic E-state index is 12.7. The Morgan fingerprint density at radius 3 is 2.41 bits per heavy atom. The van der Waals surface area contributed by atoms with Crippen molar-refractivity contribution in [3.63, 3.8) is 0 Å². The van der Waals surface area contributed by atoms with Crippen LogP contribution in [0.25, 0.3) is 0 Å². The molecule has 1 unspecified atom stereocenters. The molecule has 0 aliphatic carbocycles. The van der Waals surface area contributed by atoms with Crippen LogP contribution in [0.4, 0.5) is 18.9 Å². The summed E-state index contributed by atoms with van der Waals surface area (Å²) in [6, 6.07) is 4.06. The van der Waals surface area contributed by atoms with Gasteiger partial charge in [-0.25, -0.2) is 0 Å². The number of halogens is 3. The number of amides is 2. The molecule has 148 valence electrons. The normalized spacial score (nSPS) is 21.3. The first-order valence-electron chi connectivity index (χ1n) is 8.92. The van der Waals surface area contributed by atoms with Gasteiger partial charge in [-0.1, -0.05) is 0 Å². The first-order valence-corrected chi connectivity index (χ1v) is 10.1. The Bertz CT molecular complexity index is 675. The fraction of sp³-hybridized carbons (Fsp3) is 0.556. The predicted octanol–water partition coefficient (Wildman–Crippen LogP) is 2.68. The number of anilines is 1. The number of hydrogen-bond acceptors (Lipinski definition) is 4. The van der Waals surface area contributed by atoms with Gasteiger partial charge in [0.25, 0.3) is 0 Å². The van der Waals surface area contributed by atoms with Gasteiger partial charge in [-0.2, -0.15) is 24.9 Å². The Balaban J connectivity index is 1.55. The Morgan fingerprint density at radius 1 is 1.11 bits per heavy atom. The van der Waals surface area contributed by atoms with E-state index in [0.29, 0.717) is 12.2 Å². The fourth-order valence-electron chi connectivity index (χ4n) is 3.42. The minimum atomic E-state index is -4.40. The minimum absolute atomic E-state index is 0.0556. The van der Waals surface area contributed by atoms with Gasteiger partial charge in [0, 0.05) is 30.3 Å². The summed E-state index contributed by atoms with van der Waals surface area (Å²) < 4.78 is 37.8. The molecule has 1 N–H and O–H groups in total. The zero-order valence-electron chi connectivity index (χ0n) is 14.8. The molecule has 2 amide bonds. The zero-order valence-corrected chi connectivity index (χ0v) is 15.6. The van der Waals surface area contributed by atoms with Crippen molar-refractivity contribution in [2.24, 2.45) is 0 Å². The molecule has 1 atom stereocenters. The molecule has 0 saturated carbocycles. The molecule has 1 aromatic carbocycles. The van der Waals surface area contributed by atoms with Crippen LogP contribution < -0.4 is 5.32 Å². The highest BCUT2D eigenvalue weighted by molar-refractivity contribution is 7.99. The van der Waals surface area contributed by atoms with Crippen LogP contribution in [0, 0.1) is 0 Å². The first-order chi connectivity index (χ1) is 12.8. The van der Waals surface area contributed by atoms with Gasteiger partial charge in [-0.15, -0.1) is 0 Å². The molecule has 27 heavy (non-hydrogen) atoms. The Morgan fingerprint density at radius 2 is 1.78 bits per heavy atom. The summed E-state index contributed by atoms with van der Waals surface area (Å²) in [6.07, 6.45) is -2.82. The summed E-state index contributed by atoms with van der Waals surface area (Å²) in [4.78, 5) is 28.7. The van der Waals surface area contributed by atoms with Crippen molar-refractivity contribution in [2.75, 3.05) is 43.0 Å². The van der Waals surface area contributed by atoms with E-state index in [4.69, 9.17) is 0 Å². The third-order valence-electron chi connectivity index (χ3n) is 4.81. The Kier molecular flexibility index (Phi) is 6.31. The van der Waals surface area contributed by atoms with Crippen molar-refractivity contribution in [3.05, 3.63) is 29.8 Å². The number of carbonyl (C=O) groups is 2. The molecular formula is C18H22F3N3O2S. The Hall–Kier alpha value is -1.74. The quantitative estimate of drug-likeness (QED) is 0.843. The van der Waals surface area contributed by atoms with Crippen molar-refractivity contribution in [3.8, 4) is 0 Å². The highest BCUT2D eigenvalue weighted by Gasteiger charge is 2.35. The number of carbonyl (C=O) groups excluding carboxylic acids is 2. The lowest BCUT2D eigenvalue weighted by Gasteiger charge is -2.32. The van der Waals surface area contributed by atoms with Gasteiger partial charge in [0.05, 0.1) is 18.2 Å². The van der Waals surface area contributed by atoms with Crippen LogP contribution in [0.3, 0.4) is 0 Å². The van der Waals surface area contributed by atoms with E-state index < -0.39 is 11.7 Å². The number of benzene rings is 1. The summed E-state index contributed by atoms with van der Waals surface area (Å²) in [7, 11) is 0. The second-order valence-corrected chi connectivity index (χ2v) is 7.91. The van der Waals surface area contributed by atoms with E-state index >= 15 is 0 Å². The summed E-state index contributed by atoms with van der Waals surface area (Å²) >= 11 is 1.83. The van der Waals surface area contributed by atoms with Gasteiger partial charge in [-0.3, -0.25) is 14.5 Å². The van der Waals surface area contributed by atoms with E-state index in [1.165, 1.54) is 12.1 Å². The predicted molar refractivity (Wildman–Crippen MR) is 98.6 cm³/mol. The molecule has 2 saturated heterocycles. The molecule has 0 spiro atoms. The van der Waals surface area contributed by atoms with Crippen molar-refractivity contribution in [1.29, 1.82) is 0 Å². The van der Waals surface area contributed by atoms with E-state index in [-0.39, 0.29) is 24.4 Å². The second-order valence-electron chi connectivity index (χ2n) is 6.69. The van der Waals surface area contributed by atoms with E-state index in [1.807, 2.05) is 21.6 Å². The summed E-state index contributed by atoms with van der Waals surface area (Å²) in [5.41, 5.74) is -0.450. The van der Waals surface area contributed by atoms with E-state index in [0.717, 1.165) is 49.6 Å². The first kappa shape index (κ1) is 20.0. The molecule has 9 heteroatoms. The van der Waals surface area contributed by atoms with Crippen LogP contribution in [-0.2, 0) is 15.8 Å². The van der Waals surface area contributed by atoms with Gasteiger partial charge in [0.15, 0.2) is 0 Å². The van der Waals surface area contributed by atoms with E-state index in [2.05, 4.69) is 5.32 Å². The number of nitrogens with one attached hydrogen (secondary N) is 1. The number of thioether (sulfide) groups is 1. The molecule has 5 nitrogen and oxygen atoms in total. The smallest absolute Gasteiger partial charge is 0.340 e. The van der Waals surface area contributed by atoms with Gasteiger partial charge < -0.3 is 10.2 Å². The second kappa shape index (κ2) is 8.52. The third-order valence-corrected chi connectivity index (χ3v) is 5.76. The molecular weight excluding hydrogens is 379 g/mol. The van der Waals surface area contributed by atoms with Crippen LogP contribution >= 0.6 is 11.8 Å². The standard InChI is InChI=1S/C18H22F3N3O2S/c19-18(20,21)13-3-5-14(6-4-13)22-16(25)12-24-7-1-2-15(24)17(26)23-8-10-27-11-9-23/h3-6,15H,1-2,7-12H2,(H,22,25). The van der Waals surface area contributed by atoms with Crippen LogP contribution in [0.5, 0.6) is 0 Å². The fourth-order valence-corrected chi connectivity index (χ4v) is 4.32. The van der Waals surface area contributed by atoms with Gasteiger partial charge in [0.2, 0.25) is 11.8 Å². The highest BCUT2D eigenvalue weighted by Crippen LogP contribution is 2.30. The number of likely N-dealkylation sites (tertiary alicyclic amines) is 1. The van der Waals surface area contributed by atoms with Crippen molar-refractivity contribution >= 4 is 29.3 Å². The van der Waals surface area contributed by atoms with Crippen LogP contribution in [-0.4, -0.2) is 65.3 Å². The van der Waals surface area contributed by atoms with E-state index in [1.54, 1.807) is 0 Å². The lowest BCUT2D eigenvalue weighted by molar-refractivity contribution is -0.138. The van der Waals surface area contributed by atoms with Crippen LogP contribution in [0.1, 0.15) is 18.4 Å². The lowest BCUT2D eigenvalue weighted by Crippen LogP contribution is -2.49.